The van der Waals surface area contributed by atoms with Crippen LogP contribution in [0.5, 0.6) is 0 Å². The molecule has 0 N–H and O–H groups in total. The lowest BCUT2D eigenvalue weighted by molar-refractivity contribution is -0.110. The van der Waals surface area contributed by atoms with Crippen molar-refractivity contribution in [1.82, 2.24) is 0 Å². The van der Waals surface area contributed by atoms with Crippen LogP contribution in [0.3, 0.4) is 0 Å². The first-order valence-electron chi connectivity index (χ1n) is 6.29. The van der Waals surface area contributed by atoms with Crippen molar-refractivity contribution in [2.75, 3.05) is 0 Å². The molecule has 0 aliphatic carbocycles. The molecule has 0 spiro atoms. The van der Waals surface area contributed by atoms with Crippen LogP contribution in [-0.4, -0.2) is 12.1 Å². The average Bonchev–Trinajstić information content (AvgIpc) is 2.52. The van der Waals surface area contributed by atoms with Gasteiger partial charge in [0.05, 0.1) is 0 Å². The standard InChI is InChI=1S/C18H14O2/c19-14-13-17(16-9-5-2-6-10-16)18(20)12-11-15-7-3-1-4-8-15/h1-14H/b12-11+,17-13+. The predicted octanol–water partition coefficient (Wildman–Crippen LogP) is 3.55. The molecule has 2 rings (SSSR count). The third-order valence-corrected chi connectivity index (χ3v) is 2.81. The van der Waals surface area contributed by atoms with E-state index in [0.717, 1.165) is 11.1 Å². The molecular weight excluding hydrogens is 248 g/mol. The number of hydrogen-bond donors (Lipinski definition) is 0. The van der Waals surface area contributed by atoms with E-state index in [1.165, 1.54) is 12.2 Å². The van der Waals surface area contributed by atoms with Gasteiger partial charge in [0, 0.05) is 5.57 Å². The van der Waals surface area contributed by atoms with Gasteiger partial charge in [-0.1, -0.05) is 66.7 Å². The van der Waals surface area contributed by atoms with E-state index in [1.807, 2.05) is 60.7 Å². The molecule has 98 valence electrons. The SMILES string of the molecule is O=C/C=C(/C(=O)/C=C/c1ccccc1)c1ccccc1. The molecule has 0 unspecified atom stereocenters. The van der Waals surface area contributed by atoms with E-state index in [1.54, 1.807) is 6.08 Å². The fourth-order valence-electron chi connectivity index (χ4n) is 1.83. The molecule has 2 nitrogen and oxygen atoms in total. The Morgan fingerprint density at radius 1 is 0.850 bits per heavy atom. The number of hydrogen-bond acceptors (Lipinski definition) is 2. The summed E-state index contributed by atoms with van der Waals surface area (Å²) in [6.45, 7) is 0. The Bertz CT molecular complexity index is 638. The maximum atomic E-state index is 12.2. The first kappa shape index (κ1) is 13.7. The molecule has 2 heteroatoms. The molecule has 0 atom stereocenters. The maximum absolute atomic E-state index is 12.2. The van der Waals surface area contributed by atoms with Gasteiger partial charge in [-0.15, -0.1) is 0 Å². The van der Waals surface area contributed by atoms with Gasteiger partial charge in [-0.3, -0.25) is 9.59 Å². The zero-order chi connectivity index (χ0) is 14.2. The summed E-state index contributed by atoms with van der Waals surface area (Å²) in [6.07, 6.45) is 5.16. The largest absolute Gasteiger partial charge is 0.299 e. The summed E-state index contributed by atoms with van der Waals surface area (Å²) >= 11 is 0. The second kappa shape index (κ2) is 7.00. The molecule has 0 saturated carbocycles. The third-order valence-electron chi connectivity index (χ3n) is 2.81. The van der Waals surface area contributed by atoms with E-state index in [2.05, 4.69) is 0 Å². The van der Waals surface area contributed by atoms with Crippen molar-refractivity contribution in [2.24, 2.45) is 0 Å². The summed E-state index contributed by atoms with van der Waals surface area (Å²) in [7, 11) is 0. The molecule has 0 amide bonds. The van der Waals surface area contributed by atoms with Crippen molar-refractivity contribution in [1.29, 1.82) is 0 Å². The normalized spacial score (nSPS) is 11.5. The molecule has 0 heterocycles. The highest BCUT2D eigenvalue weighted by Gasteiger charge is 2.08. The van der Waals surface area contributed by atoms with E-state index in [9.17, 15) is 9.59 Å². The lowest BCUT2D eigenvalue weighted by Crippen LogP contribution is -1.98. The van der Waals surface area contributed by atoms with Crippen LogP contribution in [0.2, 0.25) is 0 Å². The maximum Gasteiger partial charge on any atom is 0.186 e. The van der Waals surface area contributed by atoms with Gasteiger partial charge in [-0.25, -0.2) is 0 Å². The molecule has 0 radical (unpaired) electrons. The number of allylic oxidation sites excluding steroid dienone is 3. The highest BCUT2D eigenvalue weighted by molar-refractivity contribution is 6.28. The number of benzene rings is 2. The van der Waals surface area contributed by atoms with Crippen LogP contribution in [0.15, 0.2) is 72.8 Å². The number of carbonyl (C=O) groups is 2. The van der Waals surface area contributed by atoms with Crippen LogP contribution in [0.4, 0.5) is 0 Å². The van der Waals surface area contributed by atoms with E-state index in [-0.39, 0.29) is 5.78 Å². The van der Waals surface area contributed by atoms with Gasteiger partial charge in [-0.05, 0) is 23.3 Å². The average molecular weight is 262 g/mol. The van der Waals surface area contributed by atoms with Crippen LogP contribution in [-0.2, 0) is 9.59 Å². The quantitative estimate of drug-likeness (QED) is 0.610. The van der Waals surface area contributed by atoms with Crippen LogP contribution >= 0.6 is 0 Å². The molecule has 0 fully saturated rings. The molecule has 0 bridgehead atoms. The lowest BCUT2D eigenvalue weighted by atomic mass is 10.0. The van der Waals surface area contributed by atoms with E-state index in [0.29, 0.717) is 11.9 Å². The van der Waals surface area contributed by atoms with Crippen molar-refractivity contribution < 1.29 is 9.59 Å². The highest BCUT2D eigenvalue weighted by atomic mass is 16.1. The topological polar surface area (TPSA) is 34.1 Å². The van der Waals surface area contributed by atoms with Gasteiger partial charge in [0.1, 0.15) is 6.29 Å². The third kappa shape index (κ3) is 3.62. The van der Waals surface area contributed by atoms with Gasteiger partial charge >= 0.3 is 0 Å². The Labute approximate surface area is 118 Å². The smallest absolute Gasteiger partial charge is 0.186 e. The first-order valence-corrected chi connectivity index (χ1v) is 6.29. The minimum atomic E-state index is -0.188. The summed E-state index contributed by atoms with van der Waals surface area (Å²) in [5.74, 6) is -0.188. The molecule has 2 aromatic rings. The minimum Gasteiger partial charge on any atom is -0.299 e. The van der Waals surface area contributed by atoms with Crippen molar-refractivity contribution in [3.63, 3.8) is 0 Å². The number of rotatable bonds is 5. The Hall–Kier alpha value is -2.74. The van der Waals surface area contributed by atoms with Gasteiger partial charge in [-0.2, -0.15) is 0 Å². The van der Waals surface area contributed by atoms with Crippen LogP contribution in [0, 0.1) is 0 Å². The Kier molecular flexibility index (Phi) is 4.79. The van der Waals surface area contributed by atoms with Crippen molar-refractivity contribution in [3.05, 3.63) is 83.9 Å². The molecule has 0 saturated heterocycles. The number of carbonyl (C=O) groups excluding carboxylic acids is 2. The summed E-state index contributed by atoms with van der Waals surface area (Å²) < 4.78 is 0. The van der Waals surface area contributed by atoms with Crippen molar-refractivity contribution >= 4 is 23.7 Å². The van der Waals surface area contributed by atoms with Gasteiger partial charge in [0.25, 0.3) is 0 Å². The molecule has 0 aliphatic heterocycles. The summed E-state index contributed by atoms with van der Waals surface area (Å²) in [5.41, 5.74) is 2.08. The lowest BCUT2D eigenvalue weighted by Gasteiger charge is -2.02. The fourth-order valence-corrected chi connectivity index (χ4v) is 1.83. The Morgan fingerprint density at radius 2 is 1.45 bits per heavy atom. The van der Waals surface area contributed by atoms with Crippen LogP contribution in [0.1, 0.15) is 11.1 Å². The molecule has 2 aromatic carbocycles. The second-order valence-electron chi connectivity index (χ2n) is 4.19. The van der Waals surface area contributed by atoms with Gasteiger partial charge in [0.2, 0.25) is 0 Å². The zero-order valence-electron chi connectivity index (χ0n) is 10.9. The van der Waals surface area contributed by atoms with E-state index >= 15 is 0 Å². The van der Waals surface area contributed by atoms with Crippen molar-refractivity contribution in [3.8, 4) is 0 Å². The zero-order valence-corrected chi connectivity index (χ0v) is 10.9. The van der Waals surface area contributed by atoms with E-state index in [4.69, 9.17) is 0 Å². The minimum absolute atomic E-state index is 0.188. The Morgan fingerprint density at radius 3 is 2.05 bits per heavy atom. The monoisotopic (exact) mass is 262 g/mol. The molecular formula is C18H14O2. The number of aldehydes is 1. The number of ketones is 1. The summed E-state index contributed by atoms with van der Waals surface area (Å²) in [6, 6.07) is 18.7. The second-order valence-corrected chi connectivity index (χ2v) is 4.19. The van der Waals surface area contributed by atoms with Crippen LogP contribution in [0.25, 0.3) is 11.6 Å². The predicted molar refractivity (Wildman–Crippen MR) is 81.0 cm³/mol. The highest BCUT2D eigenvalue weighted by Crippen LogP contribution is 2.16. The summed E-state index contributed by atoms with van der Waals surface area (Å²) in [4.78, 5) is 22.9. The van der Waals surface area contributed by atoms with Gasteiger partial charge in [0.15, 0.2) is 5.78 Å². The first-order chi connectivity index (χ1) is 9.81. The summed E-state index contributed by atoms with van der Waals surface area (Å²) in [5, 5.41) is 0. The fraction of sp³-hybridized carbons (Fsp3) is 0. The molecule has 0 aliphatic rings. The molecule has 0 aromatic heterocycles. The molecule has 20 heavy (non-hydrogen) atoms. The van der Waals surface area contributed by atoms with E-state index < -0.39 is 0 Å². The van der Waals surface area contributed by atoms with Crippen LogP contribution < -0.4 is 0 Å². The van der Waals surface area contributed by atoms with Gasteiger partial charge < -0.3 is 0 Å². The van der Waals surface area contributed by atoms with Crippen molar-refractivity contribution in [2.45, 2.75) is 0 Å². The Balaban J connectivity index is 2.23.